The Labute approximate surface area is 125 Å². The van der Waals surface area contributed by atoms with E-state index in [0.717, 1.165) is 0 Å². The monoisotopic (exact) mass is 305 g/mol. The van der Waals surface area contributed by atoms with E-state index in [0.29, 0.717) is 5.69 Å². The van der Waals surface area contributed by atoms with Crippen molar-refractivity contribution < 1.29 is 19.1 Å². The minimum absolute atomic E-state index is 0.0985. The predicted octanol–water partition coefficient (Wildman–Crippen LogP) is 1.62. The number of benzene rings is 1. The van der Waals surface area contributed by atoms with Gasteiger partial charge in [0.1, 0.15) is 5.82 Å². The van der Waals surface area contributed by atoms with Crippen LogP contribution in [0.15, 0.2) is 42.6 Å². The molecule has 22 heavy (non-hydrogen) atoms. The molecular weight excluding hydrogens is 291 g/mol. The van der Waals surface area contributed by atoms with Gasteiger partial charge in [-0.05, 0) is 30.3 Å². The Bertz CT molecular complexity index is 691. The van der Waals surface area contributed by atoms with Gasteiger partial charge < -0.3 is 5.32 Å². The van der Waals surface area contributed by atoms with Crippen molar-refractivity contribution in [3.63, 3.8) is 0 Å². The molecule has 2 rings (SSSR count). The SMILES string of the molecule is CN(CC(=O)Nc1ccc(F)cc1)c1[nH+]cccc1[N+](=O)[O-]. The van der Waals surface area contributed by atoms with Gasteiger partial charge in [0.05, 0.1) is 18.2 Å². The maximum atomic E-state index is 12.8. The quantitative estimate of drug-likeness (QED) is 0.671. The fourth-order valence-electron chi connectivity index (χ4n) is 1.90. The van der Waals surface area contributed by atoms with Crippen LogP contribution < -0.4 is 15.2 Å². The summed E-state index contributed by atoms with van der Waals surface area (Å²) < 4.78 is 12.8. The van der Waals surface area contributed by atoms with E-state index in [1.807, 2.05) is 0 Å². The first-order chi connectivity index (χ1) is 10.5. The average molecular weight is 305 g/mol. The van der Waals surface area contributed by atoms with Crippen LogP contribution in [0.25, 0.3) is 0 Å². The first-order valence-corrected chi connectivity index (χ1v) is 6.39. The van der Waals surface area contributed by atoms with E-state index in [4.69, 9.17) is 0 Å². The summed E-state index contributed by atoms with van der Waals surface area (Å²) >= 11 is 0. The number of H-pyrrole nitrogens is 1. The summed E-state index contributed by atoms with van der Waals surface area (Å²) in [6, 6.07) is 8.19. The normalized spacial score (nSPS) is 10.1. The lowest BCUT2D eigenvalue weighted by Crippen LogP contribution is -2.34. The molecule has 0 atom stereocenters. The summed E-state index contributed by atoms with van der Waals surface area (Å²) in [6.07, 6.45) is 1.54. The van der Waals surface area contributed by atoms with Gasteiger partial charge in [-0.25, -0.2) is 14.3 Å². The number of hydrogen-bond acceptors (Lipinski definition) is 4. The standard InChI is InChI=1S/C14H13FN4O3/c1-18(14-12(19(21)22)3-2-8-16-14)9-13(20)17-11-6-4-10(15)5-7-11/h2-8H,9H2,1H3,(H,17,20)/p+1. The first-order valence-electron chi connectivity index (χ1n) is 6.39. The molecule has 0 aliphatic rings. The summed E-state index contributed by atoms with van der Waals surface area (Å²) in [4.78, 5) is 26.5. The number of hydrogen-bond donors (Lipinski definition) is 1. The lowest BCUT2D eigenvalue weighted by atomic mass is 10.3. The van der Waals surface area contributed by atoms with Crippen LogP contribution in [0.3, 0.4) is 0 Å². The predicted molar refractivity (Wildman–Crippen MR) is 78.0 cm³/mol. The molecular formula is C14H14FN4O3+. The molecule has 1 amide bonds. The fourth-order valence-corrected chi connectivity index (χ4v) is 1.90. The van der Waals surface area contributed by atoms with Gasteiger partial charge in [-0.3, -0.25) is 14.9 Å². The molecule has 2 aromatic rings. The molecule has 0 spiro atoms. The van der Waals surface area contributed by atoms with Gasteiger partial charge in [-0.1, -0.05) is 0 Å². The number of rotatable bonds is 5. The molecule has 0 saturated heterocycles. The molecule has 0 radical (unpaired) electrons. The molecule has 1 aromatic carbocycles. The Morgan fingerprint density at radius 1 is 1.36 bits per heavy atom. The smallest absolute Gasteiger partial charge is 0.323 e. The number of aromatic nitrogens is 1. The van der Waals surface area contributed by atoms with Gasteiger partial charge in [-0.15, -0.1) is 0 Å². The Kier molecular flexibility index (Phi) is 4.62. The Morgan fingerprint density at radius 3 is 2.68 bits per heavy atom. The fraction of sp³-hybridized carbons (Fsp3) is 0.143. The van der Waals surface area contributed by atoms with E-state index in [1.54, 1.807) is 7.05 Å². The maximum Gasteiger partial charge on any atom is 0.357 e. The van der Waals surface area contributed by atoms with Crippen LogP contribution in [0.5, 0.6) is 0 Å². The first kappa shape index (κ1) is 15.4. The Balaban J connectivity index is 2.05. The van der Waals surface area contributed by atoms with E-state index >= 15 is 0 Å². The van der Waals surface area contributed by atoms with E-state index < -0.39 is 10.7 Å². The number of nitrogens with zero attached hydrogens (tertiary/aromatic N) is 2. The number of anilines is 2. The van der Waals surface area contributed by atoms with Crippen LogP contribution in [-0.2, 0) is 4.79 Å². The van der Waals surface area contributed by atoms with Crippen LogP contribution in [-0.4, -0.2) is 24.4 Å². The highest BCUT2D eigenvalue weighted by Gasteiger charge is 2.26. The molecule has 0 aliphatic heterocycles. The van der Waals surface area contributed by atoms with Gasteiger partial charge >= 0.3 is 11.5 Å². The van der Waals surface area contributed by atoms with Gasteiger partial charge in [-0.2, -0.15) is 0 Å². The average Bonchev–Trinajstić information content (AvgIpc) is 2.49. The number of likely N-dealkylation sites (N-methyl/N-ethyl adjacent to an activating group) is 1. The highest BCUT2D eigenvalue weighted by Crippen LogP contribution is 2.20. The highest BCUT2D eigenvalue weighted by molar-refractivity contribution is 5.94. The van der Waals surface area contributed by atoms with Crippen LogP contribution in [0.1, 0.15) is 0 Å². The number of carbonyl (C=O) groups is 1. The topological polar surface area (TPSA) is 89.6 Å². The second-order valence-electron chi connectivity index (χ2n) is 4.57. The third-order valence-corrected chi connectivity index (χ3v) is 2.90. The van der Waals surface area contributed by atoms with Crippen molar-refractivity contribution in [1.29, 1.82) is 0 Å². The molecule has 8 heteroatoms. The van der Waals surface area contributed by atoms with Crippen molar-refractivity contribution in [1.82, 2.24) is 0 Å². The van der Waals surface area contributed by atoms with Crippen molar-refractivity contribution in [2.45, 2.75) is 0 Å². The Morgan fingerprint density at radius 2 is 2.05 bits per heavy atom. The second-order valence-corrected chi connectivity index (χ2v) is 4.57. The van der Waals surface area contributed by atoms with Crippen LogP contribution in [0.4, 0.5) is 21.6 Å². The third-order valence-electron chi connectivity index (χ3n) is 2.90. The van der Waals surface area contributed by atoms with Crippen LogP contribution >= 0.6 is 0 Å². The molecule has 0 aliphatic carbocycles. The highest BCUT2D eigenvalue weighted by atomic mass is 19.1. The van der Waals surface area contributed by atoms with Gasteiger partial charge in [0.15, 0.2) is 6.54 Å². The van der Waals surface area contributed by atoms with Crippen molar-refractivity contribution in [2.75, 3.05) is 23.8 Å². The molecule has 1 aromatic heterocycles. The summed E-state index contributed by atoms with van der Waals surface area (Å²) in [5.41, 5.74) is 0.325. The van der Waals surface area contributed by atoms with Crippen molar-refractivity contribution >= 4 is 23.1 Å². The number of amides is 1. The number of nitrogens with one attached hydrogen (secondary N) is 2. The van der Waals surface area contributed by atoms with E-state index in [-0.39, 0.29) is 24.0 Å². The molecule has 0 saturated carbocycles. The molecule has 0 fully saturated rings. The molecule has 7 nitrogen and oxygen atoms in total. The van der Waals surface area contributed by atoms with Gasteiger partial charge in [0.25, 0.3) is 5.91 Å². The largest absolute Gasteiger partial charge is 0.357 e. The summed E-state index contributed by atoms with van der Waals surface area (Å²) in [6.45, 7) is -0.0985. The third kappa shape index (κ3) is 3.75. The van der Waals surface area contributed by atoms with E-state index in [9.17, 15) is 19.3 Å². The van der Waals surface area contributed by atoms with Crippen molar-refractivity contribution in [3.8, 4) is 0 Å². The van der Waals surface area contributed by atoms with E-state index in [2.05, 4.69) is 10.3 Å². The minimum atomic E-state index is -0.528. The Hall–Kier alpha value is -3.03. The summed E-state index contributed by atoms with van der Waals surface area (Å²) in [5.74, 6) is -0.549. The summed E-state index contributed by atoms with van der Waals surface area (Å²) in [7, 11) is 1.56. The van der Waals surface area contributed by atoms with Gasteiger partial charge in [0.2, 0.25) is 0 Å². The second kappa shape index (κ2) is 6.61. The zero-order valence-electron chi connectivity index (χ0n) is 11.7. The number of halogens is 1. The lowest BCUT2D eigenvalue weighted by molar-refractivity contribution is -0.411. The van der Waals surface area contributed by atoms with Gasteiger partial charge in [0, 0.05) is 11.8 Å². The zero-order valence-corrected chi connectivity index (χ0v) is 11.7. The van der Waals surface area contributed by atoms with Crippen LogP contribution in [0, 0.1) is 15.9 Å². The van der Waals surface area contributed by atoms with Crippen LogP contribution in [0.2, 0.25) is 0 Å². The van der Waals surface area contributed by atoms with Crippen molar-refractivity contribution in [2.24, 2.45) is 0 Å². The number of pyridine rings is 1. The number of carbonyl (C=O) groups excluding carboxylic acids is 1. The molecule has 114 valence electrons. The molecule has 0 bridgehead atoms. The van der Waals surface area contributed by atoms with Crippen molar-refractivity contribution in [3.05, 3.63) is 58.5 Å². The lowest BCUT2D eigenvalue weighted by Gasteiger charge is -2.11. The molecule has 0 unspecified atom stereocenters. The van der Waals surface area contributed by atoms with E-state index in [1.165, 1.54) is 47.5 Å². The maximum absolute atomic E-state index is 12.8. The number of nitro groups is 1. The molecule has 2 N–H and O–H groups in total. The summed E-state index contributed by atoms with van der Waals surface area (Å²) in [5, 5.41) is 13.5. The number of aromatic amines is 1. The molecule has 1 heterocycles. The minimum Gasteiger partial charge on any atom is -0.323 e. The zero-order chi connectivity index (χ0) is 16.1.